The number of carboxylic acids is 1. The number of aliphatic carboxylic acids is 1. The normalized spacial score (nSPS) is 15.1. The summed E-state index contributed by atoms with van der Waals surface area (Å²) in [6.07, 6.45) is 0.521. The molecule has 2 aliphatic rings. The number of amidine groups is 1. The van der Waals surface area contributed by atoms with Crippen molar-refractivity contribution < 1.29 is 14.6 Å². The lowest BCUT2D eigenvalue weighted by molar-refractivity contribution is -0.134. The number of aromatic nitrogens is 2. The van der Waals surface area contributed by atoms with Gasteiger partial charge in [-0.25, -0.2) is 9.98 Å². The molecule has 1 aromatic carbocycles. The Balaban J connectivity index is 0.000000636. The summed E-state index contributed by atoms with van der Waals surface area (Å²) in [6.45, 7) is 8.63. The summed E-state index contributed by atoms with van der Waals surface area (Å²) in [5.74, 6) is 2.39. The molecule has 174 valence electrons. The Hall–Kier alpha value is -4.19. The molecule has 34 heavy (non-hydrogen) atoms. The standard InChI is InChI=1S/C23H22N6O.C2H4O2/c1-4-29(5-2)22-16(12-24)18-15-11-17(14-9-7-6-8-10-14)30-23(15)28-21-19(18)20(27-22)25-13(3)26-21;1-2(3)4/h6-10,17H,4-5,11H2,1-3H3,(H,25,26,27,28);1H3,(H,3,4). The Kier molecular flexibility index (Phi) is 6.32. The number of rotatable bonds is 4. The van der Waals surface area contributed by atoms with Crippen LogP contribution in [-0.2, 0) is 11.2 Å². The molecule has 0 saturated heterocycles. The van der Waals surface area contributed by atoms with E-state index in [9.17, 15) is 5.26 Å². The van der Waals surface area contributed by atoms with Gasteiger partial charge in [0.15, 0.2) is 5.82 Å². The number of hydrogen-bond acceptors (Lipinski definition) is 8. The number of fused-ring (bicyclic) bond motifs is 2. The number of benzene rings is 1. The molecular weight excluding hydrogens is 432 g/mol. The summed E-state index contributed by atoms with van der Waals surface area (Å²) in [6, 6.07) is 12.5. The number of nitrogens with zero attached hydrogens (tertiary/aromatic N) is 5. The Morgan fingerprint density at radius 2 is 1.91 bits per heavy atom. The lowest BCUT2D eigenvalue weighted by atomic mass is 9.96. The minimum absolute atomic E-state index is 0.133. The summed E-state index contributed by atoms with van der Waals surface area (Å²) in [4.78, 5) is 25.2. The maximum atomic E-state index is 10.2. The second-order valence-electron chi connectivity index (χ2n) is 7.97. The first-order valence-corrected chi connectivity index (χ1v) is 11.2. The molecule has 1 atom stereocenters. The molecule has 2 aliphatic heterocycles. The van der Waals surface area contributed by atoms with Crippen molar-refractivity contribution in [3.05, 3.63) is 47.0 Å². The van der Waals surface area contributed by atoms with E-state index in [0.29, 0.717) is 35.3 Å². The van der Waals surface area contributed by atoms with Crippen LogP contribution in [0, 0.1) is 11.3 Å². The van der Waals surface area contributed by atoms with Gasteiger partial charge in [-0.15, -0.1) is 0 Å². The summed E-state index contributed by atoms with van der Waals surface area (Å²) >= 11 is 0. The van der Waals surface area contributed by atoms with Crippen molar-refractivity contribution in [2.24, 2.45) is 4.99 Å². The number of pyridine rings is 2. The van der Waals surface area contributed by atoms with Crippen molar-refractivity contribution in [2.75, 3.05) is 23.3 Å². The van der Waals surface area contributed by atoms with E-state index < -0.39 is 5.97 Å². The van der Waals surface area contributed by atoms with Crippen LogP contribution in [0.3, 0.4) is 0 Å². The molecule has 0 spiro atoms. The van der Waals surface area contributed by atoms with Crippen molar-refractivity contribution in [2.45, 2.75) is 40.2 Å². The zero-order chi connectivity index (χ0) is 24.4. The summed E-state index contributed by atoms with van der Waals surface area (Å²) in [7, 11) is 0. The molecule has 3 aromatic rings. The molecule has 2 aromatic heterocycles. The van der Waals surface area contributed by atoms with Gasteiger partial charge in [0.05, 0.1) is 5.39 Å². The van der Waals surface area contributed by atoms with Gasteiger partial charge in [-0.1, -0.05) is 30.3 Å². The molecular formula is C25H26N6O3. The highest BCUT2D eigenvalue weighted by Crippen LogP contribution is 2.47. The van der Waals surface area contributed by atoms with Crippen molar-refractivity contribution in [1.29, 1.82) is 5.26 Å². The first kappa shape index (κ1) is 23.0. The van der Waals surface area contributed by atoms with E-state index in [1.54, 1.807) is 0 Å². The predicted molar refractivity (Wildman–Crippen MR) is 131 cm³/mol. The molecule has 0 amide bonds. The highest BCUT2D eigenvalue weighted by atomic mass is 16.5. The van der Waals surface area contributed by atoms with Gasteiger partial charge in [0.2, 0.25) is 5.88 Å². The topological polar surface area (TPSA) is 124 Å². The number of carbonyl (C=O) groups is 1. The molecule has 0 radical (unpaired) electrons. The third kappa shape index (κ3) is 4.10. The maximum Gasteiger partial charge on any atom is 0.300 e. The van der Waals surface area contributed by atoms with Crippen LogP contribution in [0.4, 0.5) is 17.5 Å². The number of nitriles is 1. The fourth-order valence-corrected chi connectivity index (χ4v) is 4.31. The number of ether oxygens (including phenoxy) is 1. The minimum atomic E-state index is -0.833. The van der Waals surface area contributed by atoms with Crippen LogP contribution >= 0.6 is 0 Å². The van der Waals surface area contributed by atoms with Gasteiger partial charge in [0, 0.05) is 37.4 Å². The van der Waals surface area contributed by atoms with Crippen LogP contribution in [0.5, 0.6) is 5.88 Å². The van der Waals surface area contributed by atoms with Crippen molar-refractivity contribution >= 4 is 40.0 Å². The lowest BCUT2D eigenvalue weighted by Crippen LogP contribution is -2.25. The molecule has 2 N–H and O–H groups in total. The molecule has 5 rings (SSSR count). The second kappa shape index (κ2) is 9.35. The monoisotopic (exact) mass is 458 g/mol. The highest BCUT2D eigenvalue weighted by Gasteiger charge is 2.33. The third-order valence-corrected chi connectivity index (χ3v) is 5.73. The molecule has 9 heteroatoms. The van der Waals surface area contributed by atoms with Gasteiger partial charge in [-0.3, -0.25) is 4.79 Å². The number of aliphatic imine (C=N–C) groups is 1. The highest BCUT2D eigenvalue weighted by molar-refractivity contribution is 6.14. The number of carboxylic acid groups (broad SMARTS) is 1. The van der Waals surface area contributed by atoms with Gasteiger partial charge in [-0.05, 0) is 26.3 Å². The van der Waals surface area contributed by atoms with E-state index >= 15 is 0 Å². The van der Waals surface area contributed by atoms with Crippen LogP contribution in [-0.4, -0.2) is 40.0 Å². The van der Waals surface area contributed by atoms with Gasteiger partial charge in [-0.2, -0.15) is 10.2 Å². The minimum Gasteiger partial charge on any atom is -0.481 e. The number of anilines is 2. The van der Waals surface area contributed by atoms with Crippen molar-refractivity contribution in [3.8, 4) is 11.9 Å². The predicted octanol–water partition coefficient (Wildman–Crippen LogP) is 4.59. The molecule has 4 heterocycles. The maximum absolute atomic E-state index is 10.2. The van der Waals surface area contributed by atoms with Crippen LogP contribution in [0.15, 0.2) is 35.3 Å². The van der Waals surface area contributed by atoms with E-state index in [1.165, 1.54) is 0 Å². The fourth-order valence-electron chi connectivity index (χ4n) is 4.31. The van der Waals surface area contributed by atoms with Crippen molar-refractivity contribution in [1.82, 2.24) is 9.97 Å². The van der Waals surface area contributed by atoms with Crippen LogP contribution in [0.2, 0.25) is 0 Å². The Bertz CT molecular complexity index is 1320. The molecule has 1 unspecified atom stereocenters. The largest absolute Gasteiger partial charge is 0.481 e. The summed E-state index contributed by atoms with van der Waals surface area (Å²) < 4.78 is 6.25. The van der Waals surface area contributed by atoms with Gasteiger partial charge in [0.25, 0.3) is 5.97 Å². The van der Waals surface area contributed by atoms with Gasteiger partial charge < -0.3 is 20.1 Å². The van der Waals surface area contributed by atoms with Crippen molar-refractivity contribution in [3.63, 3.8) is 0 Å². The average Bonchev–Trinajstić information content (AvgIpc) is 3.24. The van der Waals surface area contributed by atoms with Gasteiger partial charge >= 0.3 is 0 Å². The molecule has 0 bridgehead atoms. The van der Waals surface area contributed by atoms with Crippen LogP contribution < -0.4 is 15.0 Å². The Labute approximate surface area is 197 Å². The Morgan fingerprint density at radius 1 is 1.24 bits per heavy atom. The summed E-state index contributed by atoms with van der Waals surface area (Å²) in [5.41, 5.74) is 2.61. The lowest BCUT2D eigenvalue weighted by Gasteiger charge is -2.25. The van der Waals surface area contributed by atoms with Crippen LogP contribution in [0.25, 0.3) is 10.8 Å². The van der Waals surface area contributed by atoms with Crippen LogP contribution in [0.1, 0.15) is 50.5 Å². The zero-order valence-corrected chi connectivity index (χ0v) is 19.6. The zero-order valence-electron chi connectivity index (χ0n) is 19.6. The molecule has 9 nitrogen and oxygen atoms in total. The molecule has 0 saturated carbocycles. The van der Waals surface area contributed by atoms with Gasteiger partial charge in [0.1, 0.15) is 35.2 Å². The van der Waals surface area contributed by atoms with E-state index in [-0.39, 0.29) is 6.10 Å². The first-order chi connectivity index (χ1) is 16.4. The second-order valence-corrected chi connectivity index (χ2v) is 7.97. The van der Waals surface area contributed by atoms with E-state index in [4.69, 9.17) is 24.6 Å². The average molecular weight is 459 g/mol. The van der Waals surface area contributed by atoms with E-state index in [2.05, 4.69) is 47.3 Å². The first-order valence-electron chi connectivity index (χ1n) is 11.2. The third-order valence-electron chi connectivity index (χ3n) is 5.73. The summed E-state index contributed by atoms with van der Waals surface area (Å²) in [5, 5.41) is 22.5. The molecule has 0 fully saturated rings. The molecule has 0 aliphatic carbocycles. The smallest absolute Gasteiger partial charge is 0.300 e. The van der Waals surface area contributed by atoms with E-state index in [0.717, 1.165) is 47.7 Å². The number of nitrogens with one attached hydrogen (secondary N) is 1. The Morgan fingerprint density at radius 3 is 2.53 bits per heavy atom. The number of hydrogen-bond donors (Lipinski definition) is 2. The fraction of sp³-hybridized carbons (Fsp3) is 0.320. The van der Waals surface area contributed by atoms with E-state index in [1.807, 2.05) is 25.1 Å². The quantitative estimate of drug-likeness (QED) is 0.582. The SMILES string of the molecule is CC(=O)O.CCN(CC)c1nc2c3c(nc4c(c3c1C#N)CC(c1ccccc1)O4)N=C(C)N2.